The Morgan fingerprint density at radius 1 is 1.44 bits per heavy atom. The molecule has 0 aliphatic carbocycles. The van der Waals surface area contributed by atoms with E-state index in [1.165, 1.54) is 0 Å². The molecule has 0 amide bonds. The average molecular weight is 284 g/mol. The minimum Gasteiger partial charge on any atom is -0.507 e. The molecule has 5 nitrogen and oxygen atoms in total. The highest BCUT2D eigenvalue weighted by Gasteiger charge is 2.15. The van der Waals surface area contributed by atoms with Crippen LogP contribution >= 0.6 is 15.9 Å². The smallest absolute Gasteiger partial charge is 0.156 e. The van der Waals surface area contributed by atoms with E-state index in [9.17, 15) is 5.11 Å². The molecule has 1 N–H and O–H groups in total. The summed E-state index contributed by atoms with van der Waals surface area (Å²) in [6.45, 7) is 0. The van der Waals surface area contributed by atoms with Gasteiger partial charge < -0.3 is 9.84 Å². The van der Waals surface area contributed by atoms with Gasteiger partial charge in [-0.3, -0.25) is 0 Å². The van der Waals surface area contributed by atoms with Gasteiger partial charge in [0.2, 0.25) is 0 Å². The van der Waals surface area contributed by atoms with Crippen molar-refractivity contribution < 1.29 is 9.84 Å². The second kappa shape index (κ2) is 4.13. The van der Waals surface area contributed by atoms with Crippen molar-refractivity contribution in [2.45, 2.75) is 0 Å². The van der Waals surface area contributed by atoms with Crippen LogP contribution in [0.2, 0.25) is 0 Å². The van der Waals surface area contributed by atoms with Gasteiger partial charge in [-0.25, -0.2) is 4.68 Å². The van der Waals surface area contributed by atoms with Crippen molar-refractivity contribution in [2.24, 2.45) is 7.05 Å². The van der Waals surface area contributed by atoms with Crippen LogP contribution in [0.1, 0.15) is 0 Å². The average Bonchev–Trinajstić information content (AvgIpc) is 2.60. The third-order valence-corrected chi connectivity index (χ3v) is 2.78. The van der Waals surface area contributed by atoms with Crippen molar-refractivity contribution in [3.05, 3.63) is 22.8 Å². The fourth-order valence-corrected chi connectivity index (χ4v) is 1.99. The van der Waals surface area contributed by atoms with E-state index in [2.05, 4.69) is 26.2 Å². The first kappa shape index (κ1) is 10.9. The molecule has 84 valence electrons. The summed E-state index contributed by atoms with van der Waals surface area (Å²) in [5.74, 6) is 0.827. The standard InChI is InChI=1S/C10H10BrN3O2/c1-14-9(10(11)12-13-14)7-5-6(16-2)3-4-8(7)15/h3-5,15H,1-2H3. The number of rotatable bonds is 2. The first-order chi connectivity index (χ1) is 7.63. The van der Waals surface area contributed by atoms with Crippen LogP contribution in [0.25, 0.3) is 11.3 Å². The fourth-order valence-electron chi connectivity index (χ4n) is 1.45. The highest BCUT2D eigenvalue weighted by molar-refractivity contribution is 9.10. The molecule has 16 heavy (non-hydrogen) atoms. The van der Waals surface area contributed by atoms with Gasteiger partial charge in [0.15, 0.2) is 4.60 Å². The number of phenols is 1. The number of ether oxygens (including phenoxy) is 1. The number of benzene rings is 1. The number of aryl methyl sites for hydroxylation is 1. The van der Waals surface area contributed by atoms with E-state index >= 15 is 0 Å². The Balaban J connectivity index is 2.63. The van der Waals surface area contributed by atoms with Gasteiger partial charge in [-0.15, -0.1) is 5.10 Å². The second-order valence-electron chi connectivity index (χ2n) is 3.24. The molecule has 0 spiro atoms. The van der Waals surface area contributed by atoms with E-state index in [4.69, 9.17) is 4.74 Å². The molecule has 0 unspecified atom stereocenters. The molecule has 0 bridgehead atoms. The highest BCUT2D eigenvalue weighted by Crippen LogP contribution is 2.35. The third-order valence-electron chi connectivity index (χ3n) is 2.24. The Kier molecular flexibility index (Phi) is 2.82. The summed E-state index contributed by atoms with van der Waals surface area (Å²) in [5.41, 5.74) is 1.33. The lowest BCUT2D eigenvalue weighted by atomic mass is 10.1. The molecule has 0 aliphatic heterocycles. The minimum absolute atomic E-state index is 0.159. The zero-order chi connectivity index (χ0) is 11.7. The molecule has 6 heteroatoms. The Hall–Kier alpha value is -1.56. The lowest BCUT2D eigenvalue weighted by Crippen LogP contribution is -1.95. The maximum absolute atomic E-state index is 9.81. The SMILES string of the molecule is COc1ccc(O)c(-c2c(Br)nnn2C)c1. The van der Waals surface area contributed by atoms with Crippen LogP contribution in [-0.4, -0.2) is 27.2 Å². The molecule has 0 fully saturated rings. The van der Waals surface area contributed by atoms with E-state index in [-0.39, 0.29) is 5.75 Å². The summed E-state index contributed by atoms with van der Waals surface area (Å²) in [6.07, 6.45) is 0. The highest BCUT2D eigenvalue weighted by atomic mass is 79.9. The minimum atomic E-state index is 0.159. The number of halogens is 1. The van der Waals surface area contributed by atoms with E-state index in [0.29, 0.717) is 21.6 Å². The van der Waals surface area contributed by atoms with Crippen LogP contribution in [0.4, 0.5) is 0 Å². The van der Waals surface area contributed by atoms with Crippen molar-refractivity contribution in [3.8, 4) is 22.8 Å². The molecule has 0 saturated heterocycles. The van der Waals surface area contributed by atoms with Crippen LogP contribution in [0.15, 0.2) is 22.8 Å². The molecule has 2 rings (SSSR count). The first-order valence-electron chi connectivity index (χ1n) is 4.56. The summed E-state index contributed by atoms with van der Waals surface area (Å²) in [5, 5.41) is 17.5. The lowest BCUT2D eigenvalue weighted by Gasteiger charge is -2.07. The maximum atomic E-state index is 9.81. The number of hydrogen-bond acceptors (Lipinski definition) is 4. The quantitative estimate of drug-likeness (QED) is 0.915. The van der Waals surface area contributed by atoms with Crippen LogP contribution < -0.4 is 4.74 Å². The van der Waals surface area contributed by atoms with Gasteiger partial charge in [0, 0.05) is 12.6 Å². The predicted molar refractivity (Wildman–Crippen MR) is 62.4 cm³/mol. The molecule has 2 aromatic rings. The molecule has 0 aliphatic rings. The van der Waals surface area contributed by atoms with E-state index < -0.39 is 0 Å². The monoisotopic (exact) mass is 283 g/mol. The molecule has 0 atom stereocenters. The van der Waals surface area contributed by atoms with Crippen LogP contribution in [0.5, 0.6) is 11.5 Å². The second-order valence-corrected chi connectivity index (χ2v) is 3.99. The maximum Gasteiger partial charge on any atom is 0.156 e. The van der Waals surface area contributed by atoms with Crippen molar-refractivity contribution in [2.75, 3.05) is 7.11 Å². The van der Waals surface area contributed by atoms with Gasteiger partial charge in [0.1, 0.15) is 17.2 Å². The number of aromatic nitrogens is 3. The Bertz CT molecular complexity index is 505. The number of aromatic hydroxyl groups is 1. The Morgan fingerprint density at radius 2 is 2.19 bits per heavy atom. The van der Waals surface area contributed by atoms with Gasteiger partial charge in [0.05, 0.1) is 7.11 Å². The zero-order valence-electron chi connectivity index (χ0n) is 8.81. The Morgan fingerprint density at radius 3 is 2.75 bits per heavy atom. The Labute approximate surface area is 101 Å². The van der Waals surface area contributed by atoms with Crippen molar-refractivity contribution >= 4 is 15.9 Å². The summed E-state index contributed by atoms with van der Waals surface area (Å²) in [6, 6.07) is 5.00. The summed E-state index contributed by atoms with van der Waals surface area (Å²) < 4.78 is 7.28. The van der Waals surface area contributed by atoms with E-state index in [1.54, 1.807) is 37.0 Å². The van der Waals surface area contributed by atoms with E-state index in [1.807, 2.05) is 0 Å². The fraction of sp³-hybridized carbons (Fsp3) is 0.200. The summed E-state index contributed by atoms with van der Waals surface area (Å²) in [4.78, 5) is 0. The van der Waals surface area contributed by atoms with Gasteiger partial charge in [-0.2, -0.15) is 0 Å². The normalized spacial score (nSPS) is 10.4. The van der Waals surface area contributed by atoms with Gasteiger partial charge in [0.25, 0.3) is 0 Å². The third kappa shape index (κ3) is 1.76. The molecule has 0 radical (unpaired) electrons. The molecular formula is C10H10BrN3O2. The van der Waals surface area contributed by atoms with Crippen LogP contribution in [0, 0.1) is 0 Å². The van der Waals surface area contributed by atoms with Crippen molar-refractivity contribution in [1.29, 1.82) is 0 Å². The lowest BCUT2D eigenvalue weighted by molar-refractivity contribution is 0.412. The number of phenolic OH excluding ortho intramolecular Hbond substituents is 1. The van der Waals surface area contributed by atoms with Crippen molar-refractivity contribution in [3.63, 3.8) is 0 Å². The molecule has 1 heterocycles. The van der Waals surface area contributed by atoms with Crippen LogP contribution in [0.3, 0.4) is 0 Å². The molecular weight excluding hydrogens is 274 g/mol. The van der Waals surface area contributed by atoms with E-state index in [0.717, 1.165) is 0 Å². The first-order valence-corrected chi connectivity index (χ1v) is 5.35. The van der Waals surface area contributed by atoms with Gasteiger partial charge in [-0.05, 0) is 34.1 Å². The topological polar surface area (TPSA) is 60.2 Å². The zero-order valence-corrected chi connectivity index (χ0v) is 10.4. The molecule has 1 aromatic heterocycles. The number of methoxy groups -OCH3 is 1. The van der Waals surface area contributed by atoms with Gasteiger partial charge >= 0.3 is 0 Å². The van der Waals surface area contributed by atoms with Crippen LogP contribution in [-0.2, 0) is 7.05 Å². The summed E-state index contributed by atoms with van der Waals surface area (Å²) in [7, 11) is 3.33. The largest absolute Gasteiger partial charge is 0.507 e. The summed E-state index contributed by atoms with van der Waals surface area (Å²) >= 11 is 3.29. The number of hydrogen-bond donors (Lipinski definition) is 1. The molecule has 1 aromatic carbocycles. The number of nitrogens with zero attached hydrogens (tertiary/aromatic N) is 3. The van der Waals surface area contributed by atoms with Gasteiger partial charge in [-0.1, -0.05) is 5.21 Å². The predicted octanol–water partition coefficient (Wildman–Crippen LogP) is 1.96. The van der Waals surface area contributed by atoms with Crippen molar-refractivity contribution in [1.82, 2.24) is 15.0 Å². The molecule has 0 saturated carbocycles.